The molecule has 1 fully saturated rings. The molecule has 1 aliphatic rings. The van der Waals surface area contributed by atoms with E-state index in [2.05, 4.69) is 0 Å². The first-order chi connectivity index (χ1) is 8.79. The van der Waals surface area contributed by atoms with Gasteiger partial charge in [0.2, 0.25) is 5.91 Å². The van der Waals surface area contributed by atoms with Crippen molar-refractivity contribution >= 4 is 5.91 Å². The molecule has 1 aliphatic carbocycles. The lowest BCUT2D eigenvalue weighted by atomic mass is 9.78. The molecule has 108 valence electrons. The van der Waals surface area contributed by atoms with Crippen LogP contribution in [0.1, 0.15) is 39.5 Å². The van der Waals surface area contributed by atoms with Gasteiger partial charge in [-0.25, -0.2) is 0 Å². The Kier molecular flexibility index (Phi) is 5.21. The van der Waals surface area contributed by atoms with Gasteiger partial charge >= 0.3 is 6.18 Å². The summed E-state index contributed by atoms with van der Waals surface area (Å²) in [5.41, 5.74) is 0. The minimum Gasteiger partial charge on any atom is -0.327 e. The third-order valence-electron chi connectivity index (χ3n) is 3.65. The molecule has 0 radical (unpaired) electrons. The van der Waals surface area contributed by atoms with Crippen molar-refractivity contribution in [1.82, 2.24) is 4.90 Å². The first-order valence-corrected chi connectivity index (χ1v) is 6.53. The highest BCUT2D eigenvalue weighted by molar-refractivity contribution is 5.80. The Balaban J connectivity index is 2.90. The molecule has 19 heavy (non-hydrogen) atoms. The van der Waals surface area contributed by atoms with Crippen LogP contribution < -0.4 is 0 Å². The molecule has 0 N–H and O–H groups in total. The summed E-state index contributed by atoms with van der Waals surface area (Å²) in [4.78, 5) is 13.5. The van der Waals surface area contributed by atoms with E-state index in [1.165, 1.54) is 4.90 Å². The number of hydrogen-bond acceptors (Lipinski definition) is 2. The fourth-order valence-corrected chi connectivity index (χ4v) is 2.62. The molecule has 1 saturated carbocycles. The molecule has 6 heteroatoms. The Hall–Kier alpha value is -1.25. The number of nitriles is 1. The number of nitrogens with zero attached hydrogens (tertiary/aromatic N) is 2. The van der Waals surface area contributed by atoms with Crippen molar-refractivity contribution in [2.75, 3.05) is 6.54 Å². The molecule has 2 atom stereocenters. The Morgan fingerprint density at radius 2 is 1.95 bits per heavy atom. The number of carbonyl (C=O) groups is 1. The standard InChI is InChI=1S/C13H19F3N2O/c1-9(2)18(8-7-17)12(19)10-5-3-4-6-11(10)13(14,15)16/h9-11H,3-6,8H2,1-2H3. The van der Waals surface area contributed by atoms with Crippen LogP contribution in [0.15, 0.2) is 0 Å². The van der Waals surface area contributed by atoms with E-state index < -0.39 is 23.9 Å². The second-order valence-electron chi connectivity index (χ2n) is 5.26. The molecule has 0 aromatic carbocycles. The van der Waals surface area contributed by atoms with Crippen molar-refractivity contribution in [2.45, 2.75) is 51.7 Å². The molecule has 0 bridgehead atoms. The molecule has 0 heterocycles. The highest BCUT2D eigenvalue weighted by Crippen LogP contribution is 2.42. The van der Waals surface area contributed by atoms with Crippen LogP contribution >= 0.6 is 0 Å². The van der Waals surface area contributed by atoms with Gasteiger partial charge in [0, 0.05) is 12.0 Å². The fourth-order valence-electron chi connectivity index (χ4n) is 2.62. The molecule has 1 rings (SSSR count). The van der Waals surface area contributed by atoms with Crippen molar-refractivity contribution < 1.29 is 18.0 Å². The number of rotatable bonds is 3. The van der Waals surface area contributed by atoms with Gasteiger partial charge < -0.3 is 4.90 Å². The number of amides is 1. The van der Waals surface area contributed by atoms with Crippen LogP contribution in [-0.4, -0.2) is 29.6 Å². The zero-order valence-electron chi connectivity index (χ0n) is 11.2. The number of alkyl halides is 3. The first kappa shape index (κ1) is 15.8. The second kappa shape index (κ2) is 6.27. The Bertz CT molecular complexity index is 360. The van der Waals surface area contributed by atoms with Crippen LogP contribution in [0.2, 0.25) is 0 Å². The minimum atomic E-state index is -4.34. The van der Waals surface area contributed by atoms with Crippen molar-refractivity contribution in [2.24, 2.45) is 11.8 Å². The average Bonchev–Trinajstić information content (AvgIpc) is 2.33. The predicted molar refractivity (Wildman–Crippen MR) is 64.0 cm³/mol. The highest BCUT2D eigenvalue weighted by atomic mass is 19.4. The number of halogens is 3. The van der Waals surface area contributed by atoms with E-state index in [9.17, 15) is 18.0 Å². The lowest BCUT2D eigenvalue weighted by molar-refractivity contribution is -0.201. The van der Waals surface area contributed by atoms with Crippen LogP contribution in [0.3, 0.4) is 0 Å². The maximum Gasteiger partial charge on any atom is 0.392 e. The fraction of sp³-hybridized carbons (Fsp3) is 0.846. The maximum atomic E-state index is 13.0. The summed E-state index contributed by atoms with van der Waals surface area (Å²) >= 11 is 0. The number of carbonyl (C=O) groups excluding carboxylic acids is 1. The molecule has 0 saturated heterocycles. The largest absolute Gasteiger partial charge is 0.392 e. The summed E-state index contributed by atoms with van der Waals surface area (Å²) in [6, 6.07) is 1.59. The summed E-state index contributed by atoms with van der Waals surface area (Å²) in [6.07, 6.45) is -2.92. The highest BCUT2D eigenvalue weighted by Gasteiger charge is 2.49. The molecule has 3 nitrogen and oxygen atoms in total. The van der Waals surface area contributed by atoms with Gasteiger partial charge in [-0.1, -0.05) is 12.8 Å². The Morgan fingerprint density at radius 3 is 2.42 bits per heavy atom. The van der Waals surface area contributed by atoms with Crippen LogP contribution in [0.5, 0.6) is 0 Å². The molecule has 2 unspecified atom stereocenters. The maximum absolute atomic E-state index is 13.0. The summed E-state index contributed by atoms with van der Waals surface area (Å²) in [5, 5.41) is 8.69. The van der Waals surface area contributed by atoms with E-state index in [0.29, 0.717) is 12.8 Å². The molecular weight excluding hydrogens is 257 g/mol. The average molecular weight is 276 g/mol. The van der Waals surface area contributed by atoms with Crippen LogP contribution in [0.4, 0.5) is 13.2 Å². The first-order valence-electron chi connectivity index (χ1n) is 6.53. The summed E-state index contributed by atoms with van der Waals surface area (Å²) in [7, 11) is 0. The van der Waals surface area contributed by atoms with E-state index in [-0.39, 0.29) is 25.4 Å². The van der Waals surface area contributed by atoms with Gasteiger partial charge in [-0.3, -0.25) is 4.79 Å². The van der Waals surface area contributed by atoms with E-state index in [1.54, 1.807) is 13.8 Å². The van der Waals surface area contributed by atoms with Crippen LogP contribution in [-0.2, 0) is 4.79 Å². The van der Waals surface area contributed by atoms with Crippen LogP contribution in [0.25, 0.3) is 0 Å². The topological polar surface area (TPSA) is 44.1 Å². The molecule has 0 aliphatic heterocycles. The zero-order chi connectivity index (χ0) is 14.6. The van der Waals surface area contributed by atoms with Gasteiger partial charge in [-0.15, -0.1) is 0 Å². The van der Waals surface area contributed by atoms with Gasteiger partial charge in [0.1, 0.15) is 6.54 Å². The molecule has 0 aromatic rings. The smallest absolute Gasteiger partial charge is 0.327 e. The summed E-state index contributed by atoms with van der Waals surface area (Å²) < 4.78 is 38.9. The number of hydrogen-bond donors (Lipinski definition) is 0. The second-order valence-corrected chi connectivity index (χ2v) is 5.26. The zero-order valence-corrected chi connectivity index (χ0v) is 11.2. The Labute approximate surface area is 111 Å². The van der Waals surface area contributed by atoms with E-state index in [4.69, 9.17) is 5.26 Å². The van der Waals surface area contributed by atoms with Gasteiger partial charge in [0.15, 0.2) is 0 Å². The van der Waals surface area contributed by atoms with Crippen LogP contribution in [0, 0.1) is 23.2 Å². The Morgan fingerprint density at radius 1 is 1.37 bits per heavy atom. The van der Waals surface area contributed by atoms with Crippen molar-refractivity contribution in [3.8, 4) is 6.07 Å². The van der Waals surface area contributed by atoms with E-state index in [1.807, 2.05) is 6.07 Å². The molecule has 1 amide bonds. The molecule has 0 spiro atoms. The van der Waals surface area contributed by atoms with Crippen molar-refractivity contribution in [1.29, 1.82) is 5.26 Å². The SMILES string of the molecule is CC(C)N(CC#N)C(=O)C1CCCCC1C(F)(F)F. The summed E-state index contributed by atoms with van der Waals surface area (Å²) in [6.45, 7) is 3.26. The quantitative estimate of drug-likeness (QED) is 0.743. The lowest BCUT2D eigenvalue weighted by Crippen LogP contribution is -2.47. The predicted octanol–water partition coefficient (Wildman–Crippen LogP) is 3.12. The van der Waals surface area contributed by atoms with Crippen molar-refractivity contribution in [3.63, 3.8) is 0 Å². The molecular formula is C13H19F3N2O. The minimum absolute atomic E-state index is 0.0123. The third-order valence-corrected chi connectivity index (χ3v) is 3.65. The third kappa shape index (κ3) is 3.85. The van der Waals surface area contributed by atoms with Crippen molar-refractivity contribution in [3.05, 3.63) is 0 Å². The lowest BCUT2D eigenvalue weighted by Gasteiger charge is -2.36. The monoisotopic (exact) mass is 276 g/mol. The van der Waals surface area contributed by atoms with E-state index in [0.717, 1.165) is 0 Å². The van der Waals surface area contributed by atoms with E-state index >= 15 is 0 Å². The van der Waals surface area contributed by atoms with Gasteiger partial charge in [-0.05, 0) is 26.7 Å². The molecule has 0 aromatic heterocycles. The van der Waals surface area contributed by atoms with Gasteiger partial charge in [0.25, 0.3) is 0 Å². The summed E-state index contributed by atoms with van der Waals surface area (Å²) in [5.74, 6) is -3.11. The normalized spacial score (nSPS) is 24.1. The van der Waals surface area contributed by atoms with Gasteiger partial charge in [0.05, 0.1) is 12.0 Å². The van der Waals surface area contributed by atoms with Gasteiger partial charge in [-0.2, -0.15) is 18.4 Å².